The lowest BCUT2D eigenvalue weighted by atomic mass is 9.73. The van der Waals surface area contributed by atoms with Crippen LogP contribution in [0.15, 0.2) is 18.2 Å². The number of carbonyl (C=O) groups excluding carboxylic acids is 1. The van der Waals surface area contributed by atoms with E-state index in [1.165, 1.54) is 18.2 Å². The van der Waals surface area contributed by atoms with Crippen molar-refractivity contribution < 1.29 is 9.18 Å². The van der Waals surface area contributed by atoms with Crippen LogP contribution in [0.25, 0.3) is 0 Å². The molecule has 0 spiro atoms. The summed E-state index contributed by atoms with van der Waals surface area (Å²) in [6, 6.07) is 4.19. The predicted molar refractivity (Wildman–Crippen MR) is 71.4 cm³/mol. The smallest absolute Gasteiger partial charge is 0.168 e. The fraction of sp³-hybridized carbons (Fsp3) is 0.533. The van der Waals surface area contributed by atoms with Crippen LogP contribution >= 0.6 is 11.6 Å². The van der Waals surface area contributed by atoms with Crippen molar-refractivity contribution in [3.63, 3.8) is 0 Å². The zero-order valence-corrected chi connectivity index (χ0v) is 11.5. The van der Waals surface area contributed by atoms with E-state index >= 15 is 0 Å². The van der Waals surface area contributed by atoms with Gasteiger partial charge in [-0.15, -0.1) is 0 Å². The quantitative estimate of drug-likeness (QED) is 0.709. The van der Waals surface area contributed by atoms with Crippen molar-refractivity contribution in [1.82, 2.24) is 0 Å². The molecule has 1 aromatic rings. The minimum atomic E-state index is -0.462. The summed E-state index contributed by atoms with van der Waals surface area (Å²) >= 11 is 5.83. The Hall–Kier alpha value is -0.890. The van der Waals surface area contributed by atoms with Gasteiger partial charge in [-0.25, -0.2) is 4.39 Å². The normalized spacial score (nSPS) is 28.1. The molecule has 3 unspecified atom stereocenters. The van der Waals surface area contributed by atoms with Gasteiger partial charge in [0, 0.05) is 10.9 Å². The van der Waals surface area contributed by atoms with Crippen molar-refractivity contribution in [2.24, 2.45) is 17.8 Å². The van der Waals surface area contributed by atoms with Crippen LogP contribution in [0.1, 0.15) is 43.5 Å². The van der Waals surface area contributed by atoms with E-state index in [0.717, 1.165) is 19.3 Å². The van der Waals surface area contributed by atoms with Gasteiger partial charge in [0.15, 0.2) is 5.78 Å². The molecule has 0 aliphatic heterocycles. The number of hydrogen-bond donors (Lipinski definition) is 0. The highest BCUT2D eigenvalue weighted by Crippen LogP contribution is 2.35. The third kappa shape index (κ3) is 2.74. The van der Waals surface area contributed by atoms with Crippen LogP contribution < -0.4 is 0 Å². The first-order valence-corrected chi connectivity index (χ1v) is 6.86. The molecule has 3 heteroatoms. The van der Waals surface area contributed by atoms with Crippen molar-refractivity contribution in [3.8, 4) is 0 Å². The second-order valence-electron chi connectivity index (χ2n) is 5.45. The van der Waals surface area contributed by atoms with Crippen LogP contribution in [0, 0.1) is 23.6 Å². The molecule has 1 aliphatic rings. The van der Waals surface area contributed by atoms with Gasteiger partial charge >= 0.3 is 0 Å². The van der Waals surface area contributed by atoms with Gasteiger partial charge < -0.3 is 0 Å². The first kappa shape index (κ1) is 13.5. The van der Waals surface area contributed by atoms with Gasteiger partial charge in [0.25, 0.3) is 0 Å². The van der Waals surface area contributed by atoms with E-state index in [4.69, 9.17) is 11.6 Å². The van der Waals surface area contributed by atoms with E-state index in [2.05, 4.69) is 13.8 Å². The van der Waals surface area contributed by atoms with Gasteiger partial charge in [0.2, 0.25) is 0 Å². The van der Waals surface area contributed by atoms with Gasteiger partial charge in [-0.05, 0) is 49.3 Å². The average molecular weight is 269 g/mol. The van der Waals surface area contributed by atoms with Crippen LogP contribution in [0.5, 0.6) is 0 Å². The number of hydrogen-bond acceptors (Lipinski definition) is 1. The van der Waals surface area contributed by atoms with Crippen LogP contribution in [-0.4, -0.2) is 5.78 Å². The second-order valence-corrected chi connectivity index (χ2v) is 5.89. The molecule has 2 rings (SSSR count). The summed E-state index contributed by atoms with van der Waals surface area (Å²) in [5, 5.41) is 0.414. The maximum absolute atomic E-state index is 13.7. The first-order chi connectivity index (χ1) is 8.49. The number of benzene rings is 1. The molecule has 0 N–H and O–H groups in total. The van der Waals surface area contributed by atoms with Crippen molar-refractivity contribution in [2.75, 3.05) is 0 Å². The summed E-state index contributed by atoms with van der Waals surface area (Å²) in [5.41, 5.74) is 0.147. The van der Waals surface area contributed by atoms with E-state index in [9.17, 15) is 9.18 Å². The lowest BCUT2D eigenvalue weighted by molar-refractivity contribution is 0.0833. The Kier molecular flexibility index (Phi) is 4.06. The van der Waals surface area contributed by atoms with Crippen molar-refractivity contribution in [3.05, 3.63) is 34.6 Å². The molecule has 1 aliphatic carbocycles. The zero-order chi connectivity index (χ0) is 13.3. The Morgan fingerprint density at radius 3 is 2.67 bits per heavy atom. The lowest BCUT2D eigenvalue weighted by Gasteiger charge is -2.31. The summed E-state index contributed by atoms with van der Waals surface area (Å²) in [4.78, 5) is 12.3. The van der Waals surface area contributed by atoms with E-state index in [0.29, 0.717) is 16.9 Å². The van der Waals surface area contributed by atoms with E-state index < -0.39 is 5.82 Å². The molecule has 1 nitrogen and oxygen atoms in total. The third-order valence-corrected chi connectivity index (χ3v) is 4.40. The Balaban J connectivity index is 2.19. The van der Waals surface area contributed by atoms with Crippen LogP contribution in [-0.2, 0) is 0 Å². The lowest BCUT2D eigenvalue weighted by Crippen LogP contribution is -2.27. The monoisotopic (exact) mass is 268 g/mol. The number of rotatable bonds is 2. The van der Waals surface area contributed by atoms with E-state index in [1.54, 1.807) is 0 Å². The standard InChI is InChI=1S/C15H18ClFO/c1-9-3-4-11(7-10(9)2)15(18)13-8-12(16)5-6-14(13)17/h5-6,8-11H,3-4,7H2,1-2H3. The highest BCUT2D eigenvalue weighted by atomic mass is 35.5. The van der Waals surface area contributed by atoms with Crippen molar-refractivity contribution in [1.29, 1.82) is 0 Å². The fourth-order valence-corrected chi connectivity index (χ4v) is 2.86. The Bertz CT molecular complexity index is 458. The average Bonchev–Trinajstić information content (AvgIpc) is 2.35. The van der Waals surface area contributed by atoms with Crippen LogP contribution in [0.2, 0.25) is 5.02 Å². The summed E-state index contributed by atoms with van der Waals surface area (Å²) in [7, 11) is 0. The summed E-state index contributed by atoms with van der Waals surface area (Å²) in [5.74, 6) is 0.571. The number of halogens is 2. The Morgan fingerprint density at radius 1 is 1.28 bits per heavy atom. The molecule has 1 aromatic carbocycles. The third-order valence-electron chi connectivity index (χ3n) is 4.16. The summed E-state index contributed by atoms with van der Waals surface area (Å²) in [6.07, 6.45) is 2.75. The molecule has 0 heterocycles. The molecule has 0 amide bonds. The minimum Gasteiger partial charge on any atom is -0.294 e. The molecule has 3 atom stereocenters. The van der Waals surface area contributed by atoms with Crippen molar-refractivity contribution in [2.45, 2.75) is 33.1 Å². The molecule has 0 saturated heterocycles. The van der Waals surface area contributed by atoms with Crippen molar-refractivity contribution >= 4 is 17.4 Å². The van der Waals surface area contributed by atoms with Gasteiger partial charge in [0.1, 0.15) is 5.82 Å². The molecule has 1 saturated carbocycles. The largest absolute Gasteiger partial charge is 0.294 e. The molecular formula is C15H18ClFO. The number of Topliss-reactive ketones (excluding diaryl/α,β-unsaturated/α-hetero) is 1. The Morgan fingerprint density at radius 2 is 2.00 bits per heavy atom. The van der Waals surface area contributed by atoms with Gasteiger partial charge in [-0.2, -0.15) is 0 Å². The highest BCUT2D eigenvalue weighted by molar-refractivity contribution is 6.31. The summed E-state index contributed by atoms with van der Waals surface area (Å²) in [6.45, 7) is 4.38. The first-order valence-electron chi connectivity index (χ1n) is 6.48. The Labute approximate surface area is 112 Å². The zero-order valence-electron chi connectivity index (χ0n) is 10.7. The van der Waals surface area contributed by atoms with E-state index in [-0.39, 0.29) is 17.3 Å². The molecule has 0 radical (unpaired) electrons. The molecule has 0 bridgehead atoms. The second kappa shape index (κ2) is 5.40. The maximum Gasteiger partial charge on any atom is 0.168 e. The van der Waals surface area contributed by atoms with Gasteiger partial charge in [-0.1, -0.05) is 25.4 Å². The van der Waals surface area contributed by atoms with Crippen LogP contribution in [0.3, 0.4) is 0 Å². The van der Waals surface area contributed by atoms with Crippen LogP contribution in [0.4, 0.5) is 4.39 Å². The molecule has 18 heavy (non-hydrogen) atoms. The van der Waals surface area contributed by atoms with Gasteiger partial charge in [0.05, 0.1) is 5.56 Å². The highest BCUT2D eigenvalue weighted by Gasteiger charge is 2.30. The van der Waals surface area contributed by atoms with Gasteiger partial charge in [-0.3, -0.25) is 4.79 Å². The topological polar surface area (TPSA) is 17.1 Å². The fourth-order valence-electron chi connectivity index (χ4n) is 2.69. The molecule has 0 aromatic heterocycles. The molecular weight excluding hydrogens is 251 g/mol. The maximum atomic E-state index is 13.7. The summed E-state index contributed by atoms with van der Waals surface area (Å²) < 4.78 is 13.7. The SMILES string of the molecule is CC1CCC(C(=O)c2cc(Cl)ccc2F)CC1C. The number of carbonyl (C=O) groups is 1. The predicted octanol–water partition coefficient (Wildman–Crippen LogP) is 4.73. The van der Waals surface area contributed by atoms with E-state index in [1.807, 2.05) is 0 Å². The molecule has 1 fully saturated rings. The molecule has 98 valence electrons. The number of ketones is 1. The minimum absolute atomic E-state index is 0.0517.